The minimum atomic E-state index is -0.212. The van der Waals surface area contributed by atoms with Gasteiger partial charge >= 0.3 is 0 Å². The van der Waals surface area contributed by atoms with E-state index >= 15 is 0 Å². The van der Waals surface area contributed by atoms with Crippen LogP contribution < -0.4 is 10.1 Å². The van der Waals surface area contributed by atoms with Crippen molar-refractivity contribution >= 4 is 0 Å². The van der Waals surface area contributed by atoms with Gasteiger partial charge in [0.15, 0.2) is 0 Å². The van der Waals surface area contributed by atoms with Gasteiger partial charge in [0, 0.05) is 17.7 Å². The molecule has 0 fully saturated rings. The summed E-state index contributed by atoms with van der Waals surface area (Å²) in [6.45, 7) is 6.43. The Hall–Kier alpha value is -1.09. The minimum Gasteiger partial charge on any atom is -0.497 e. The van der Waals surface area contributed by atoms with Gasteiger partial charge in [-0.2, -0.15) is 0 Å². The number of rotatable bonds is 5. The van der Waals surface area contributed by atoms with Crippen LogP contribution in [0.25, 0.3) is 0 Å². The lowest BCUT2D eigenvalue weighted by Crippen LogP contribution is -2.27. The highest BCUT2D eigenvalue weighted by Gasteiger charge is 2.23. The fourth-order valence-corrected chi connectivity index (χ4v) is 1.97. The predicted octanol–water partition coefficient (Wildman–Crippen LogP) is 3.39. The molecule has 0 aliphatic heterocycles. The molecule has 0 spiro atoms. The monoisotopic (exact) mass is 239 g/mol. The van der Waals surface area contributed by atoms with Crippen molar-refractivity contribution in [2.24, 2.45) is 11.8 Å². The Balaban J connectivity index is 3.04. The third kappa shape index (κ3) is 3.19. The smallest absolute Gasteiger partial charge is 0.131 e. The second kappa shape index (κ2) is 6.01. The highest BCUT2D eigenvalue weighted by Crippen LogP contribution is 2.30. The predicted molar refractivity (Wildman–Crippen MR) is 68.8 cm³/mol. The van der Waals surface area contributed by atoms with Gasteiger partial charge in [0.05, 0.1) is 7.11 Å². The van der Waals surface area contributed by atoms with Gasteiger partial charge in [-0.3, -0.25) is 0 Å². The third-order valence-electron chi connectivity index (χ3n) is 3.43. The second-order valence-electron chi connectivity index (χ2n) is 4.76. The van der Waals surface area contributed by atoms with Crippen LogP contribution in [0.5, 0.6) is 5.75 Å². The number of methoxy groups -OCH3 is 1. The molecule has 96 valence electrons. The van der Waals surface area contributed by atoms with Crippen LogP contribution in [0.4, 0.5) is 4.39 Å². The normalized spacial score (nSPS) is 14.8. The van der Waals surface area contributed by atoms with Crippen molar-refractivity contribution in [2.45, 2.75) is 26.8 Å². The maximum atomic E-state index is 14.0. The van der Waals surface area contributed by atoms with E-state index in [0.717, 1.165) is 0 Å². The molecule has 0 bridgehead atoms. The molecule has 0 amide bonds. The lowest BCUT2D eigenvalue weighted by molar-refractivity contribution is 0.309. The van der Waals surface area contributed by atoms with Gasteiger partial charge in [-0.15, -0.1) is 0 Å². The topological polar surface area (TPSA) is 21.3 Å². The molecule has 0 saturated carbocycles. The van der Waals surface area contributed by atoms with Crippen LogP contribution in [-0.4, -0.2) is 14.2 Å². The molecule has 1 aromatic carbocycles. The zero-order chi connectivity index (χ0) is 13.0. The summed E-state index contributed by atoms with van der Waals surface area (Å²) in [7, 11) is 3.41. The third-order valence-corrected chi connectivity index (χ3v) is 3.43. The van der Waals surface area contributed by atoms with E-state index in [4.69, 9.17) is 4.74 Å². The molecule has 17 heavy (non-hydrogen) atoms. The summed E-state index contributed by atoms with van der Waals surface area (Å²) in [5, 5.41) is 3.20. The number of hydrogen-bond donors (Lipinski definition) is 1. The van der Waals surface area contributed by atoms with Crippen LogP contribution in [-0.2, 0) is 0 Å². The maximum Gasteiger partial charge on any atom is 0.131 e. The Kier molecular flexibility index (Phi) is 4.94. The summed E-state index contributed by atoms with van der Waals surface area (Å²) in [5.41, 5.74) is 0.703. The van der Waals surface area contributed by atoms with E-state index in [-0.39, 0.29) is 11.9 Å². The fraction of sp³-hybridized carbons (Fsp3) is 0.571. The van der Waals surface area contributed by atoms with E-state index in [2.05, 4.69) is 26.1 Å². The van der Waals surface area contributed by atoms with E-state index in [1.165, 1.54) is 6.07 Å². The standard InChI is InChI=1S/C14H22FNO/c1-9(2)10(3)14(16-4)12-7-6-11(17-5)8-13(12)15/h6-10,14,16H,1-5H3. The summed E-state index contributed by atoms with van der Waals surface area (Å²) in [6, 6.07) is 5.07. The minimum absolute atomic E-state index is 0.0286. The summed E-state index contributed by atoms with van der Waals surface area (Å²) < 4.78 is 19.0. The molecule has 2 unspecified atom stereocenters. The molecule has 1 rings (SSSR count). The summed E-state index contributed by atoms with van der Waals surface area (Å²) in [6.07, 6.45) is 0. The number of benzene rings is 1. The maximum absolute atomic E-state index is 14.0. The lowest BCUT2D eigenvalue weighted by atomic mass is 9.86. The molecule has 0 aliphatic carbocycles. The van der Waals surface area contributed by atoms with Gasteiger partial charge in [-0.25, -0.2) is 4.39 Å². The Morgan fingerprint density at radius 1 is 1.24 bits per heavy atom. The van der Waals surface area contributed by atoms with Crippen molar-refractivity contribution in [3.05, 3.63) is 29.6 Å². The first-order valence-corrected chi connectivity index (χ1v) is 6.02. The van der Waals surface area contributed by atoms with Gasteiger partial charge < -0.3 is 10.1 Å². The molecule has 3 heteroatoms. The largest absolute Gasteiger partial charge is 0.497 e. The molecule has 0 aliphatic rings. The van der Waals surface area contributed by atoms with E-state index in [9.17, 15) is 4.39 Å². The number of hydrogen-bond acceptors (Lipinski definition) is 2. The van der Waals surface area contributed by atoms with Gasteiger partial charge in [-0.05, 0) is 24.9 Å². The average Bonchev–Trinajstić information content (AvgIpc) is 2.31. The molecular weight excluding hydrogens is 217 g/mol. The van der Waals surface area contributed by atoms with Crippen molar-refractivity contribution in [2.75, 3.05) is 14.2 Å². The highest BCUT2D eigenvalue weighted by molar-refractivity contribution is 5.31. The number of halogens is 1. The van der Waals surface area contributed by atoms with Crippen LogP contribution in [0.15, 0.2) is 18.2 Å². The quantitative estimate of drug-likeness (QED) is 0.850. The van der Waals surface area contributed by atoms with E-state index in [0.29, 0.717) is 23.1 Å². The molecule has 0 aromatic heterocycles. The molecule has 2 nitrogen and oxygen atoms in total. The lowest BCUT2D eigenvalue weighted by Gasteiger charge is -2.27. The van der Waals surface area contributed by atoms with Crippen molar-refractivity contribution in [1.82, 2.24) is 5.32 Å². The van der Waals surface area contributed by atoms with Crippen molar-refractivity contribution < 1.29 is 9.13 Å². The van der Waals surface area contributed by atoms with Crippen LogP contribution in [0.3, 0.4) is 0 Å². The summed E-state index contributed by atoms with van der Waals surface area (Å²) >= 11 is 0. The number of nitrogens with one attached hydrogen (secondary N) is 1. The molecule has 0 radical (unpaired) electrons. The average molecular weight is 239 g/mol. The first-order chi connectivity index (χ1) is 8.01. The van der Waals surface area contributed by atoms with Crippen LogP contribution >= 0.6 is 0 Å². The van der Waals surface area contributed by atoms with Crippen LogP contribution in [0, 0.1) is 17.7 Å². The van der Waals surface area contributed by atoms with Crippen molar-refractivity contribution in [3.63, 3.8) is 0 Å². The summed E-state index contributed by atoms with van der Waals surface area (Å²) in [4.78, 5) is 0. The van der Waals surface area contributed by atoms with Crippen LogP contribution in [0.2, 0.25) is 0 Å². The Bertz CT molecular complexity index is 365. The first kappa shape index (κ1) is 14.0. The SMILES string of the molecule is CNC(c1ccc(OC)cc1F)C(C)C(C)C. The van der Waals surface area contributed by atoms with Gasteiger partial charge in [-0.1, -0.05) is 26.8 Å². The Labute approximate surface area is 103 Å². The summed E-state index contributed by atoms with van der Waals surface area (Å²) in [5.74, 6) is 1.20. The van der Waals surface area contributed by atoms with Gasteiger partial charge in [0.2, 0.25) is 0 Å². The van der Waals surface area contributed by atoms with E-state index in [1.54, 1.807) is 19.2 Å². The molecule has 1 aromatic rings. The van der Waals surface area contributed by atoms with E-state index < -0.39 is 0 Å². The number of ether oxygens (including phenoxy) is 1. The Morgan fingerprint density at radius 3 is 2.29 bits per heavy atom. The van der Waals surface area contributed by atoms with Gasteiger partial charge in [0.1, 0.15) is 11.6 Å². The first-order valence-electron chi connectivity index (χ1n) is 6.02. The second-order valence-corrected chi connectivity index (χ2v) is 4.76. The molecule has 0 heterocycles. The van der Waals surface area contributed by atoms with Crippen molar-refractivity contribution in [1.29, 1.82) is 0 Å². The van der Waals surface area contributed by atoms with Crippen LogP contribution in [0.1, 0.15) is 32.4 Å². The van der Waals surface area contributed by atoms with Crippen molar-refractivity contribution in [3.8, 4) is 5.75 Å². The zero-order valence-corrected chi connectivity index (χ0v) is 11.3. The van der Waals surface area contributed by atoms with Gasteiger partial charge in [0.25, 0.3) is 0 Å². The molecular formula is C14H22FNO. The highest BCUT2D eigenvalue weighted by atomic mass is 19.1. The molecule has 2 atom stereocenters. The fourth-order valence-electron chi connectivity index (χ4n) is 1.97. The van der Waals surface area contributed by atoms with E-state index in [1.807, 2.05) is 7.05 Å². The Morgan fingerprint density at radius 2 is 1.88 bits per heavy atom. The molecule has 1 N–H and O–H groups in total. The molecule has 0 saturated heterocycles. The zero-order valence-electron chi connectivity index (χ0n) is 11.3.